The van der Waals surface area contributed by atoms with Crippen LogP contribution in [0.1, 0.15) is 37.8 Å². The van der Waals surface area contributed by atoms with E-state index in [1.54, 1.807) is 0 Å². The molecule has 1 aliphatic rings. The summed E-state index contributed by atoms with van der Waals surface area (Å²) < 4.78 is 14.4. The van der Waals surface area contributed by atoms with Gasteiger partial charge in [0.15, 0.2) is 5.41 Å². The van der Waals surface area contributed by atoms with E-state index in [9.17, 15) is 14.0 Å². The summed E-state index contributed by atoms with van der Waals surface area (Å²) in [5.74, 6) is -2.92. The van der Waals surface area contributed by atoms with E-state index in [0.717, 1.165) is 5.56 Å². The number of alkyl halides is 1. The Morgan fingerprint density at radius 2 is 1.86 bits per heavy atom. The van der Waals surface area contributed by atoms with Gasteiger partial charge in [0.1, 0.15) is 6.17 Å². The highest BCUT2D eigenvalue weighted by molar-refractivity contribution is 5.98. The van der Waals surface area contributed by atoms with Crippen molar-refractivity contribution < 1.29 is 24.2 Å². The van der Waals surface area contributed by atoms with Crippen LogP contribution < -0.4 is 5.32 Å². The number of nitrogens with one attached hydrogen (secondary N) is 1. The monoisotopic (exact) mass is 309 g/mol. The highest BCUT2D eigenvalue weighted by Crippen LogP contribution is 2.39. The molecule has 120 valence electrons. The number of halogens is 1. The van der Waals surface area contributed by atoms with Crippen molar-refractivity contribution in [1.29, 1.82) is 0 Å². The summed E-state index contributed by atoms with van der Waals surface area (Å²) in [7, 11) is 0. The lowest BCUT2D eigenvalue weighted by molar-refractivity contribution is -0.169. The molecule has 0 spiro atoms. The largest absolute Gasteiger partial charge is 0.480 e. The molecule has 1 aromatic carbocycles. The Balaban J connectivity index is 2.05. The van der Waals surface area contributed by atoms with E-state index in [4.69, 9.17) is 10.2 Å². The van der Waals surface area contributed by atoms with E-state index in [0.29, 0.717) is 0 Å². The number of benzene rings is 1. The number of carboxylic acid groups (broad SMARTS) is 2. The third-order valence-corrected chi connectivity index (χ3v) is 4.44. The Kier molecular flexibility index (Phi) is 4.81. The average Bonchev–Trinajstić information content (AvgIpc) is 2.49. The molecular formula is C16H20FNO4. The minimum absolute atomic E-state index is 0.0722. The van der Waals surface area contributed by atoms with Crippen molar-refractivity contribution in [1.82, 2.24) is 5.32 Å². The minimum atomic E-state index is -2.01. The Morgan fingerprint density at radius 1 is 1.27 bits per heavy atom. The second-order valence-corrected chi connectivity index (χ2v) is 5.86. The molecule has 0 saturated heterocycles. The molecule has 3 N–H and O–H groups in total. The maximum atomic E-state index is 14.4. The summed E-state index contributed by atoms with van der Waals surface area (Å²) in [6.45, 7) is 1.90. The van der Waals surface area contributed by atoms with Crippen LogP contribution in [0.25, 0.3) is 0 Å². The first-order valence-electron chi connectivity index (χ1n) is 7.28. The maximum absolute atomic E-state index is 14.4. The number of hydrogen-bond donors (Lipinski definition) is 3. The van der Waals surface area contributed by atoms with Crippen LogP contribution in [-0.4, -0.2) is 34.4 Å². The van der Waals surface area contributed by atoms with E-state index in [-0.39, 0.29) is 18.9 Å². The van der Waals surface area contributed by atoms with Crippen molar-refractivity contribution in [2.24, 2.45) is 5.41 Å². The van der Waals surface area contributed by atoms with Crippen molar-refractivity contribution >= 4 is 11.9 Å². The summed E-state index contributed by atoms with van der Waals surface area (Å²) >= 11 is 0. The fourth-order valence-electron chi connectivity index (χ4n) is 2.99. The van der Waals surface area contributed by atoms with Crippen molar-refractivity contribution in [3.63, 3.8) is 0 Å². The smallest absolute Gasteiger partial charge is 0.321 e. The topological polar surface area (TPSA) is 86.6 Å². The summed E-state index contributed by atoms with van der Waals surface area (Å²) in [6, 6.07) is 8.89. The molecule has 6 heteroatoms. The zero-order chi connectivity index (χ0) is 16.3. The van der Waals surface area contributed by atoms with Crippen LogP contribution in [0, 0.1) is 5.41 Å². The Morgan fingerprint density at radius 3 is 2.36 bits per heavy atom. The molecule has 0 aliphatic heterocycles. The molecule has 2 rings (SSSR count). The molecule has 1 saturated carbocycles. The number of rotatable bonds is 5. The molecule has 0 aromatic heterocycles. The predicted octanol–water partition coefficient (Wildman–Crippen LogP) is 2.38. The minimum Gasteiger partial charge on any atom is -0.480 e. The third-order valence-electron chi connectivity index (χ3n) is 4.44. The lowest BCUT2D eigenvalue weighted by atomic mass is 9.71. The molecule has 0 heterocycles. The van der Waals surface area contributed by atoms with Crippen molar-refractivity contribution in [2.75, 3.05) is 0 Å². The molecule has 0 bridgehead atoms. The second kappa shape index (κ2) is 6.44. The van der Waals surface area contributed by atoms with Crippen LogP contribution >= 0.6 is 0 Å². The molecule has 1 aromatic rings. The molecule has 0 amide bonds. The van der Waals surface area contributed by atoms with E-state index in [1.807, 2.05) is 37.3 Å². The Labute approximate surface area is 128 Å². The van der Waals surface area contributed by atoms with Gasteiger partial charge >= 0.3 is 11.9 Å². The first-order chi connectivity index (χ1) is 10.4. The first-order valence-corrected chi connectivity index (χ1v) is 7.28. The van der Waals surface area contributed by atoms with Gasteiger partial charge in [-0.2, -0.15) is 0 Å². The van der Waals surface area contributed by atoms with Gasteiger partial charge in [0.2, 0.25) is 0 Å². The van der Waals surface area contributed by atoms with E-state index in [1.165, 1.54) is 0 Å². The van der Waals surface area contributed by atoms with Gasteiger partial charge in [0.25, 0.3) is 0 Å². The zero-order valence-corrected chi connectivity index (χ0v) is 12.3. The van der Waals surface area contributed by atoms with Crippen molar-refractivity contribution in [2.45, 2.75) is 44.4 Å². The quantitative estimate of drug-likeness (QED) is 0.727. The van der Waals surface area contributed by atoms with Gasteiger partial charge in [0.05, 0.1) is 0 Å². The Hall–Kier alpha value is -1.95. The molecule has 3 atom stereocenters. The first kappa shape index (κ1) is 16.4. The van der Waals surface area contributed by atoms with Crippen molar-refractivity contribution in [3.8, 4) is 0 Å². The Bertz CT molecular complexity index is 534. The van der Waals surface area contributed by atoms with Crippen LogP contribution in [-0.2, 0) is 9.59 Å². The van der Waals surface area contributed by atoms with E-state index >= 15 is 0 Å². The van der Waals surface area contributed by atoms with Crippen molar-refractivity contribution in [3.05, 3.63) is 35.9 Å². The van der Waals surface area contributed by atoms with Crippen LogP contribution in [0.4, 0.5) is 4.39 Å². The average molecular weight is 309 g/mol. The number of aliphatic carboxylic acids is 2. The van der Waals surface area contributed by atoms with Gasteiger partial charge in [-0.05, 0) is 25.3 Å². The summed E-state index contributed by atoms with van der Waals surface area (Å²) in [4.78, 5) is 22.5. The summed E-state index contributed by atoms with van der Waals surface area (Å²) in [5.41, 5.74) is -1.00. The van der Waals surface area contributed by atoms with E-state index < -0.39 is 36.0 Å². The highest BCUT2D eigenvalue weighted by atomic mass is 19.1. The van der Waals surface area contributed by atoms with Gasteiger partial charge in [0, 0.05) is 18.5 Å². The SMILES string of the molecule is C[C@@H](NC1CCC(C(=O)O)(C(=O)O)CC1F)c1ccccc1. The van der Waals surface area contributed by atoms with Gasteiger partial charge in [-0.1, -0.05) is 30.3 Å². The summed E-state index contributed by atoms with van der Waals surface area (Å²) in [6.07, 6.45) is -1.91. The van der Waals surface area contributed by atoms with Crippen LogP contribution in [0.15, 0.2) is 30.3 Å². The molecule has 22 heavy (non-hydrogen) atoms. The van der Waals surface area contributed by atoms with Gasteiger partial charge in [-0.25, -0.2) is 4.39 Å². The number of carbonyl (C=O) groups is 2. The maximum Gasteiger partial charge on any atom is 0.321 e. The third kappa shape index (κ3) is 3.11. The lowest BCUT2D eigenvalue weighted by Crippen LogP contribution is -2.52. The highest BCUT2D eigenvalue weighted by Gasteiger charge is 2.52. The number of carboxylic acids is 2. The fraction of sp³-hybridized carbons (Fsp3) is 0.500. The molecule has 0 radical (unpaired) electrons. The normalized spacial score (nSPS) is 25.4. The zero-order valence-electron chi connectivity index (χ0n) is 12.3. The standard InChI is InChI=1S/C16H20FNO4/c1-10(11-5-3-2-4-6-11)18-13-7-8-16(14(19)20,15(21)22)9-12(13)17/h2-6,10,12-13,18H,7-9H2,1H3,(H,19,20)(H,21,22)/t10-,12?,13?/m1/s1. The molecule has 1 aliphatic carbocycles. The number of hydrogen-bond acceptors (Lipinski definition) is 3. The van der Waals surface area contributed by atoms with Gasteiger partial charge in [-0.15, -0.1) is 0 Å². The van der Waals surface area contributed by atoms with Crippen LogP contribution in [0.3, 0.4) is 0 Å². The summed E-state index contributed by atoms with van der Waals surface area (Å²) in [5, 5.41) is 21.5. The predicted molar refractivity (Wildman–Crippen MR) is 78.2 cm³/mol. The van der Waals surface area contributed by atoms with E-state index in [2.05, 4.69) is 5.32 Å². The fourth-order valence-corrected chi connectivity index (χ4v) is 2.99. The lowest BCUT2D eigenvalue weighted by Gasteiger charge is -2.37. The molecular weight excluding hydrogens is 289 g/mol. The van der Waals surface area contributed by atoms with Gasteiger partial charge < -0.3 is 15.5 Å². The second-order valence-electron chi connectivity index (χ2n) is 5.86. The molecule has 1 fully saturated rings. The molecule has 2 unspecified atom stereocenters. The van der Waals surface area contributed by atoms with Crippen LogP contribution in [0.2, 0.25) is 0 Å². The van der Waals surface area contributed by atoms with Gasteiger partial charge in [-0.3, -0.25) is 9.59 Å². The van der Waals surface area contributed by atoms with Crippen LogP contribution in [0.5, 0.6) is 0 Å². The molecule has 5 nitrogen and oxygen atoms in total.